The molecule has 1 fully saturated rings. The number of rotatable bonds is 9. The molecule has 3 nitrogen and oxygen atoms in total. The van der Waals surface area contributed by atoms with Crippen molar-refractivity contribution in [2.45, 2.75) is 83.9 Å². The SMILES string of the molecule is CCCCCCOC(=O)[C@@H](N)CSC1CC(=C(C)C)CCC1C. The van der Waals surface area contributed by atoms with Gasteiger partial charge in [0.2, 0.25) is 0 Å². The number of carbonyl (C=O) groups excluding carboxylic acids is 1. The van der Waals surface area contributed by atoms with Crippen molar-refractivity contribution >= 4 is 17.7 Å². The highest BCUT2D eigenvalue weighted by Gasteiger charge is 2.26. The predicted octanol–water partition coefficient (Wildman–Crippen LogP) is 4.70. The second kappa shape index (κ2) is 11.1. The van der Waals surface area contributed by atoms with Crippen molar-refractivity contribution in [2.75, 3.05) is 12.4 Å². The second-order valence-corrected chi connectivity index (χ2v) is 8.30. The summed E-state index contributed by atoms with van der Waals surface area (Å²) < 4.78 is 5.29. The summed E-state index contributed by atoms with van der Waals surface area (Å²) in [6.07, 6.45) is 8.08. The van der Waals surface area contributed by atoms with Crippen molar-refractivity contribution < 1.29 is 9.53 Å². The summed E-state index contributed by atoms with van der Waals surface area (Å²) in [6, 6.07) is -0.490. The van der Waals surface area contributed by atoms with E-state index in [1.54, 1.807) is 5.57 Å². The Labute approximate surface area is 146 Å². The van der Waals surface area contributed by atoms with Crippen molar-refractivity contribution in [3.05, 3.63) is 11.1 Å². The Morgan fingerprint density at radius 2 is 2.09 bits per heavy atom. The van der Waals surface area contributed by atoms with Crippen LogP contribution in [-0.4, -0.2) is 29.6 Å². The standard InChI is InChI=1S/C19H35NO2S/c1-5-6-7-8-11-22-19(21)17(20)13-23-18-12-16(14(2)3)10-9-15(18)4/h15,17-18H,5-13,20H2,1-4H3/t15?,17-,18?/m0/s1. The van der Waals surface area contributed by atoms with Gasteiger partial charge in [0.1, 0.15) is 6.04 Å². The first-order valence-electron chi connectivity index (χ1n) is 9.14. The number of nitrogens with two attached hydrogens (primary N) is 1. The predicted molar refractivity (Wildman–Crippen MR) is 101 cm³/mol. The average Bonchev–Trinajstić information content (AvgIpc) is 2.53. The summed E-state index contributed by atoms with van der Waals surface area (Å²) >= 11 is 1.85. The van der Waals surface area contributed by atoms with Crippen LogP contribution in [0, 0.1) is 5.92 Å². The molecule has 0 aromatic rings. The van der Waals surface area contributed by atoms with E-state index in [4.69, 9.17) is 10.5 Å². The second-order valence-electron chi connectivity index (χ2n) is 7.03. The van der Waals surface area contributed by atoms with Gasteiger partial charge in [-0.15, -0.1) is 0 Å². The Hall–Kier alpha value is -0.480. The number of carbonyl (C=O) groups is 1. The van der Waals surface area contributed by atoms with Gasteiger partial charge in [-0.2, -0.15) is 11.8 Å². The van der Waals surface area contributed by atoms with Gasteiger partial charge in [0, 0.05) is 11.0 Å². The monoisotopic (exact) mass is 341 g/mol. The lowest BCUT2D eigenvalue weighted by atomic mass is 9.85. The van der Waals surface area contributed by atoms with Gasteiger partial charge < -0.3 is 10.5 Å². The highest BCUT2D eigenvalue weighted by atomic mass is 32.2. The highest BCUT2D eigenvalue weighted by molar-refractivity contribution is 8.00. The highest BCUT2D eigenvalue weighted by Crippen LogP contribution is 2.37. The van der Waals surface area contributed by atoms with Gasteiger partial charge in [0.25, 0.3) is 0 Å². The molecule has 134 valence electrons. The third-order valence-corrected chi connectivity index (χ3v) is 6.34. The summed E-state index contributed by atoms with van der Waals surface area (Å²) in [7, 11) is 0. The van der Waals surface area contributed by atoms with E-state index >= 15 is 0 Å². The third-order valence-electron chi connectivity index (χ3n) is 4.73. The van der Waals surface area contributed by atoms with Gasteiger partial charge in [-0.1, -0.05) is 44.3 Å². The zero-order chi connectivity index (χ0) is 17.2. The van der Waals surface area contributed by atoms with E-state index in [0.29, 0.717) is 23.5 Å². The van der Waals surface area contributed by atoms with E-state index in [1.165, 1.54) is 31.3 Å². The van der Waals surface area contributed by atoms with Gasteiger partial charge in [-0.05, 0) is 45.4 Å². The van der Waals surface area contributed by atoms with Gasteiger partial charge in [0.15, 0.2) is 0 Å². The van der Waals surface area contributed by atoms with E-state index < -0.39 is 6.04 Å². The van der Waals surface area contributed by atoms with Crippen LogP contribution in [0.15, 0.2) is 11.1 Å². The minimum atomic E-state index is -0.490. The number of hydrogen-bond donors (Lipinski definition) is 1. The van der Waals surface area contributed by atoms with E-state index in [9.17, 15) is 4.79 Å². The molecule has 0 spiro atoms. The van der Waals surface area contributed by atoms with Crippen LogP contribution in [0.1, 0.15) is 72.6 Å². The smallest absolute Gasteiger partial charge is 0.323 e. The van der Waals surface area contributed by atoms with Crippen molar-refractivity contribution in [1.29, 1.82) is 0 Å². The lowest BCUT2D eigenvalue weighted by Gasteiger charge is -2.31. The number of allylic oxidation sites excluding steroid dienone is 2. The quantitative estimate of drug-likeness (QED) is 0.375. The lowest BCUT2D eigenvalue weighted by Crippen LogP contribution is -2.36. The molecule has 0 aromatic heterocycles. The Balaban J connectivity index is 2.29. The first kappa shape index (κ1) is 20.6. The first-order chi connectivity index (χ1) is 11.0. The zero-order valence-electron chi connectivity index (χ0n) is 15.4. The van der Waals surface area contributed by atoms with Crippen molar-refractivity contribution in [1.82, 2.24) is 0 Å². The van der Waals surface area contributed by atoms with Crippen LogP contribution in [0.25, 0.3) is 0 Å². The van der Waals surface area contributed by atoms with Crippen LogP contribution in [0.3, 0.4) is 0 Å². The molecule has 0 amide bonds. The molecule has 2 unspecified atom stereocenters. The topological polar surface area (TPSA) is 52.3 Å². The molecule has 3 atom stereocenters. The van der Waals surface area contributed by atoms with Crippen LogP contribution < -0.4 is 5.73 Å². The van der Waals surface area contributed by atoms with Crippen molar-refractivity contribution in [2.24, 2.45) is 11.7 Å². The largest absolute Gasteiger partial charge is 0.465 e. The molecule has 0 heterocycles. The number of thioether (sulfide) groups is 1. The normalized spacial score (nSPS) is 22.7. The van der Waals surface area contributed by atoms with Crippen LogP contribution in [-0.2, 0) is 9.53 Å². The molecule has 1 saturated carbocycles. The van der Waals surface area contributed by atoms with Gasteiger partial charge in [-0.3, -0.25) is 4.79 Å². The third kappa shape index (κ3) is 7.75. The maximum Gasteiger partial charge on any atom is 0.323 e. The molecular formula is C19H35NO2S. The van der Waals surface area contributed by atoms with E-state index in [2.05, 4.69) is 27.7 Å². The molecule has 1 aliphatic carbocycles. The Kier molecular flexibility index (Phi) is 9.96. The van der Waals surface area contributed by atoms with Crippen molar-refractivity contribution in [3.8, 4) is 0 Å². The first-order valence-corrected chi connectivity index (χ1v) is 10.2. The number of hydrogen-bond acceptors (Lipinski definition) is 4. The number of ether oxygens (including phenoxy) is 1. The maximum absolute atomic E-state index is 11.9. The Bertz CT molecular complexity index is 391. The molecule has 0 saturated heterocycles. The summed E-state index contributed by atoms with van der Waals surface area (Å²) in [6.45, 7) is 9.41. The Morgan fingerprint density at radius 3 is 2.74 bits per heavy atom. The molecule has 1 rings (SSSR count). The molecule has 23 heavy (non-hydrogen) atoms. The van der Waals surface area contributed by atoms with Gasteiger partial charge in [0.05, 0.1) is 6.61 Å². The van der Waals surface area contributed by atoms with Crippen LogP contribution >= 0.6 is 11.8 Å². The van der Waals surface area contributed by atoms with Crippen LogP contribution in [0.2, 0.25) is 0 Å². The van der Waals surface area contributed by atoms with Crippen LogP contribution in [0.5, 0.6) is 0 Å². The summed E-state index contributed by atoms with van der Waals surface area (Å²) in [5.41, 5.74) is 9.05. The minimum Gasteiger partial charge on any atom is -0.465 e. The van der Waals surface area contributed by atoms with E-state index in [1.807, 2.05) is 11.8 Å². The fraction of sp³-hybridized carbons (Fsp3) is 0.842. The average molecular weight is 342 g/mol. The fourth-order valence-corrected chi connectivity index (χ4v) is 4.29. The summed E-state index contributed by atoms with van der Waals surface area (Å²) in [5.74, 6) is 1.12. The van der Waals surface area contributed by atoms with E-state index in [0.717, 1.165) is 19.3 Å². The molecule has 0 aromatic carbocycles. The molecule has 2 N–H and O–H groups in total. The molecule has 1 aliphatic rings. The van der Waals surface area contributed by atoms with Crippen LogP contribution in [0.4, 0.5) is 0 Å². The van der Waals surface area contributed by atoms with Gasteiger partial charge >= 0.3 is 5.97 Å². The maximum atomic E-state index is 11.9. The lowest BCUT2D eigenvalue weighted by molar-refractivity contribution is -0.144. The summed E-state index contributed by atoms with van der Waals surface area (Å²) in [5, 5.41) is 0.581. The molecule has 0 radical (unpaired) electrons. The zero-order valence-corrected chi connectivity index (χ0v) is 16.2. The van der Waals surface area contributed by atoms with Crippen molar-refractivity contribution in [3.63, 3.8) is 0 Å². The van der Waals surface area contributed by atoms with Gasteiger partial charge in [-0.25, -0.2) is 0 Å². The van der Waals surface area contributed by atoms with E-state index in [-0.39, 0.29) is 5.97 Å². The minimum absolute atomic E-state index is 0.236. The molecule has 0 bridgehead atoms. The molecular weight excluding hydrogens is 306 g/mol. The number of unbranched alkanes of at least 4 members (excludes halogenated alkanes) is 3. The number of esters is 1. The molecule has 4 heteroatoms. The molecule has 0 aliphatic heterocycles. The Morgan fingerprint density at radius 1 is 1.35 bits per heavy atom. The summed E-state index contributed by atoms with van der Waals surface area (Å²) in [4.78, 5) is 11.9. The fourth-order valence-electron chi connectivity index (χ4n) is 2.92.